The number of likely N-dealkylation sites (tertiary alicyclic amines) is 1. The topological polar surface area (TPSA) is 29.3 Å². The van der Waals surface area contributed by atoms with Crippen LogP contribution in [0.15, 0.2) is 54.6 Å². The maximum Gasteiger partial charge on any atom is 0.0250 e. The molecule has 2 N–H and O–H groups in total. The van der Waals surface area contributed by atoms with Gasteiger partial charge >= 0.3 is 0 Å². The normalized spacial score (nSPS) is 23.1. The van der Waals surface area contributed by atoms with Crippen LogP contribution < -0.4 is 5.73 Å². The number of nitrogens with zero attached hydrogens (tertiary/aromatic N) is 1. The molecule has 0 spiro atoms. The van der Waals surface area contributed by atoms with E-state index in [0.29, 0.717) is 5.92 Å². The van der Waals surface area contributed by atoms with Crippen LogP contribution in [0.3, 0.4) is 0 Å². The molecular formula is C18H22N2. The molecule has 2 aromatic carbocycles. The van der Waals surface area contributed by atoms with Crippen molar-refractivity contribution < 1.29 is 0 Å². The molecule has 1 fully saturated rings. The Bertz CT molecular complexity index is 565. The summed E-state index contributed by atoms with van der Waals surface area (Å²) in [5.41, 5.74) is 10.4. The molecule has 0 amide bonds. The molecule has 1 aliphatic heterocycles. The zero-order valence-electron chi connectivity index (χ0n) is 12.0. The number of nitrogens with two attached hydrogens (primary N) is 1. The second-order valence-electron chi connectivity index (χ2n) is 5.86. The smallest absolute Gasteiger partial charge is 0.0250 e. The molecule has 2 atom stereocenters. The molecule has 0 saturated carbocycles. The molecule has 0 bridgehead atoms. The van der Waals surface area contributed by atoms with Crippen LogP contribution >= 0.6 is 0 Å². The van der Waals surface area contributed by atoms with Crippen LogP contribution in [0.1, 0.15) is 22.6 Å². The summed E-state index contributed by atoms with van der Waals surface area (Å²) < 4.78 is 0. The summed E-state index contributed by atoms with van der Waals surface area (Å²) in [5.74, 6) is 0.459. The van der Waals surface area contributed by atoms with E-state index in [1.165, 1.54) is 16.7 Å². The molecule has 1 heterocycles. The van der Waals surface area contributed by atoms with Crippen molar-refractivity contribution in [3.05, 3.63) is 71.3 Å². The maximum absolute atomic E-state index is 6.34. The lowest BCUT2D eigenvalue weighted by atomic mass is 9.95. The Morgan fingerprint density at radius 1 is 1.05 bits per heavy atom. The number of hydrogen-bond donors (Lipinski definition) is 1. The van der Waals surface area contributed by atoms with Crippen molar-refractivity contribution >= 4 is 0 Å². The fourth-order valence-corrected chi connectivity index (χ4v) is 3.16. The predicted molar refractivity (Wildman–Crippen MR) is 83.6 cm³/mol. The van der Waals surface area contributed by atoms with Crippen molar-refractivity contribution in [2.75, 3.05) is 13.1 Å². The fraction of sp³-hybridized carbons (Fsp3) is 0.333. The second kappa shape index (κ2) is 5.78. The zero-order valence-corrected chi connectivity index (χ0v) is 12.0. The summed E-state index contributed by atoms with van der Waals surface area (Å²) in [5, 5.41) is 0. The fourth-order valence-electron chi connectivity index (χ4n) is 3.16. The average Bonchev–Trinajstić information content (AvgIpc) is 2.80. The Morgan fingerprint density at radius 3 is 2.60 bits per heavy atom. The van der Waals surface area contributed by atoms with E-state index in [1.807, 2.05) is 0 Å². The number of benzene rings is 2. The third-order valence-electron chi connectivity index (χ3n) is 4.16. The molecule has 1 aliphatic rings. The van der Waals surface area contributed by atoms with E-state index in [1.54, 1.807) is 0 Å². The molecule has 0 aliphatic carbocycles. The minimum Gasteiger partial charge on any atom is -0.326 e. The Kier molecular flexibility index (Phi) is 3.86. The first kappa shape index (κ1) is 13.3. The van der Waals surface area contributed by atoms with E-state index >= 15 is 0 Å². The highest BCUT2D eigenvalue weighted by atomic mass is 15.2. The van der Waals surface area contributed by atoms with E-state index in [0.717, 1.165) is 19.6 Å². The third-order valence-corrected chi connectivity index (χ3v) is 4.16. The third kappa shape index (κ3) is 2.92. The molecule has 2 heteroatoms. The number of aryl methyl sites for hydroxylation is 1. The van der Waals surface area contributed by atoms with Gasteiger partial charge in [-0.2, -0.15) is 0 Å². The first-order chi connectivity index (χ1) is 9.72. The Hall–Kier alpha value is -1.64. The van der Waals surface area contributed by atoms with Gasteiger partial charge in [-0.1, -0.05) is 60.2 Å². The van der Waals surface area contributed by atoms with Gasteiger partial charge in [-0.3, -0.25) is 4.90 Å². The maximum atomic E-state index is 6.34. The van der Waals surface area contributed by atoms with Gasteiger partial charge in [0.1, 0.15) is 0 Å². The number of hydrogen-bond acceptors (Lipinski definition) is 2. The van der Waals surface area contributed by atoms with Crippen molar-refractivity contribution in [2.24, 2.45) is 5.73 Å². The van der Waals surface area contributed by atoms with Gasteiger partial charge in [-0.25, -0.2) is 0 Å². The molecule has 2 nitrogen and oxygen atoms in total. The summed E-state index contributed by atoms with van der Waals surface area (Å²) in [6, 6.07) is 19.6. The van der Waals surface area contributed by atoms with Crippen molar-refractivity contribution in [2.45, 2.75) is 25.4 Å². The van der Waals surface area contributed by atoms with E-state index < -0.39 is 0 Å². The van der Waals surface area contributed by atoms with Gasteiger partial charge in [0.05, 0.1) is 0 Å². The van der Waals surface area contributed by atoms with E-state index in [-0.39, 0.29) is 6.04 Å². The molecule has 0 aromatic heterocycles. The largest absolute Gasteiger partial charge is 0.326 e. The minimum atomic E-state index is 0.238. The van der Waals surface area contributed by atoms with Crippen molar-refractivity contribution in [3.8, 4) is 0 Å². The molecule has 20 heavy (non-hydrogen) atoms. The highest BCUT2D eigenvalue weighted by Crippen LogP contribution is 2.27. The van der Waals surface area contributed by atoms with Crippen LogP contribution in [-0.2, 0) is 6.54 Å². The molecule has 0 unspecified atom stereocenters. The zero-order chi connectivity index (χ0) is 13.9. The monoisotopic (exact) mass is 266 g/mol. The molecular weight excluding hydrogens is 244 g/mol. The van der Waals surface area contributed by atoms with Gasteiger partial charge in [-0.05, 0) is 18.1 Å². The summed E-state index contributed by atoms with van der Waals surface area (Å²) in [6.07, 6.45) is 0. The van der Waals surface area contributed by atoms with Gasteiger partial charge in [0.15, 0.2) is 0 Å². The van der Waals surface area contributed by atoms with Gasteiger partial charge in [0.25, 0.3) is 0 Å². The van der Waals surface area contributed by atoms with Gasteiger partial charge in [0.2, 0.25) is 0 Å². The summed E-state index contributed by atoms with van der Waals surface area (Å²) in [7, 11) is 0. The lowest BCUT2D eigenvalue weighted by Gasteiger charge is -2.16. The molecule has 1 saturated heterocycles. The quantitative estimate of drug-likeness (QED) is 0.925. The molecule has 104 valence electrons. The molecule has 3 rings (SSSR count). The van der Waals surface area contributed by atoms with Crippen LogP contribution in [0, 0.1) is 6.92 Å². The predicted octanol–water partition coefficient (Wildman–Crippen LogP) is 2.92. The van der Waals surface area contributed by atoms with Crippen molar-refractivity contribution in [3.63, 3.8) is 0 Å². The van der Waals surface area contributed by atoms with E-state index in [9.17, 15) is 0 Å². The van der Waals surface area contributed by atoms with Crippen LogP contribution in [0.4, 0.5) is 0 Å². The first-order valence-corrected chi connectivity index (χ1v) is 7.31. The Morgan fingerprint density at radius 2 is 1.85 bits per heavy atom. The van der Waals surface area contributed by atoms with Gasteiger partial charge < -0.3 is 5.73 Å². The van der Waals surface area contributed by atoms with Gasteiger partial charge in [0, 0.05) is 31.6 Å². The van der Waals surface area contributed by atoms with Crippen molar-refractivity contribution in [1.82, 2.24) is 4.90 Å². The van der Waals surface area contributed by atoms with Crippen LogP contribution in [-0.4, -0.2) is 24.0 Å². The molecule has 0 radical (unpaired) electrons. The summed E-state index contributed by atoms with van der Waals surface area (Å²) >= 11 is 0. The second-order valence-corrected chi connectivity index (χ2v) is 5.86. The Labute approximate surface area is 121 Å². The number of rotatable bonds is 3. The van der Waals surface area contributed by atoms with Crippen LogP contribution in [0.5, 0.6) is 0 Å². The van der Waals surface area contributed by atoms with E-state index in [2.05, 4.69) is 66.4 Å². The van der Waals surface area contributed by atoms with Crippen LogP contribution in [0.25, 0.3) is 0 Å². The summed E-state index contributed by atoms with van der Waals surface area (Å²) in [6.45, 7) is 5.18. The lowest BCUT2D eigenvalue weighted by molar-refractivity contribution is 0.324. The lowest BCUT2D eigenvalue weighted by Crippen LogP contribution is -2.28. The SMILES string of the molecule is Cc1cccc(CN2C[C@@H](N)[C@H](c3ccccc3)C2)c1. The first-order valence-electron chi connectivity index (χ1n) is 7.31. The van der Waals surface area contributed by atoms with Crippen LogP contribution in [0.2, 0.25) is 0 Å². The molecule has 2 aromatic rings. The van der Waals surface area contributed by atoms with E-state index in [4.69, 9.17) is 5.73 Å². The Balaban J connectivity index is 1.69. The van der Waals surface area contributed by atoms with Gasteiger partial charge in [-0.15, -0.1) is 0 Å². The standard InChI is InChI=1S/C18H22N2/c1-14-6-5-7-15(10-14)11-20-12-17(18(19)13-20)16-8-3-2-4-9-16/h2-10,17-18H,11-13,19H2,1H3/t17-,18+/m0/s1. The minimum absolute atomic E-state index is 0.238. The highest BCUT2D eigenvalue weighted by Gasteiger charge is 2.30. The highest BCUT2D eigenvalue weighted by molar-refractivity contribution is 5.25. The summed E-state index contributed by atoms with van der Waals surface area (Å²) in [4.78, 5) is 2.47. The van der Waals surface area contributed by atoms with Crippen molar-refractivity contribution in [1.29, 1.82) is 0 Å². The average molecular weight is 266 g/mol.